The van der Waals surface area contributed by atoms with Crippen LogP contribution in [0.4, 0.5) is 0 Å². The number of hydrogen-bond donors (Lipinski definition) is 3. The lowest BCUT2D eigenvalue weighted by atomic mass is 10.2. The average Bonchev–Trinajstić information content (AvgIpc) is 2.60. The molecule has 0 unspecified atom stereocenters. The van der Waals surface area contributed by atoms with Crippen molar-refractivity contribution in [1.29, 1.82) is 0 Å². The number of thiol groups is 1. The van der Waals surface area contributed by atoms with E-state index >= 15 is 0 Å². The standard InChI is InChI=1S/C8H10N4O3S/c1-2-15-8(14)5-3-9-6-4-11(16)10-12(6)7(5)13/h3-4,9-10,16H,2H2,1H3. The summed E-state index contributed by atoms with van der Waals surface area (Å²) < 4.78 is 6.05. The highest BCUT2D eigenvalue weighted by molar-refractivity contribution is 7.77. The van der Waals surface area contributed by atoms with Crippen molar-refractivity contribution in [2.75, 3.05) is 6.61 Å². The van der Waals surface area contributed by atoms with Gasteiger partial charge in [-0.05, 0) is 19.7 Å². The number of fused-ring (bicyclic) bond motifs is 1. The topological polar surface area (TPSA) is 73.9 Å². The summed E-state index contributed by atoms with van der Waals surface area (Å²) in [5.74, 6) is -0.647. The maximum atomic E-state index is 11.8. The minimum atomic E-state index is -0.654. The Morgan fingerprint density at radius 3 is 3.06 bits per heavy atom. The molecular weight excluding hydrogens is 232 g/mol. The predicted octanol–water partition coefficient (Wildman–Crippen LogP) is -0.756. The zero-order valence-electron chi connectivity index (χ0n) is 8.43. The molecule has 2 aliphatic heterocycles. The first kappa shape index (κ1) is 10.8. The molecule has 8 heteroatoms. The normalized spacial score (nSPS) is 18.8. The summed E-state index contributed by atoms with van der Waals surface area (Å²) in [7, 11) is 0. The number of hydrogen-bond acceptors (Lipinski definition) is 7. The summed E-state index contributed by atoms with van der Waals surface area (Å²) in [6.07, 6.45) is 2.87. The Morgan fingerprint density at radius 2 is 2.38 bits per heavy atom. The molecule has 0 aromatic rings. The predicted molar refractivity (Wildman–Crippen MR) is 56.7 cm³/mol. The molecule has 7 nitrogen and oxygen atoms in total. The first-order chi connectivity index (χ1) is 7.63. The summed E-state index contributed by atoms with van der Waals surface area (Å²) >= 11 is 3.98. The molecule has 0 fully saturated rings. The molecule has 0 atom stereocenters. The molecule has 0 saturated carbocycles. The van der Waals surface area contributed by atoms with Gasteiger partial charge < -0.3 is 10.1 Å². The molecule has 0 aliphatic carbocycles. The van der Waals surface area contributed by atoms with E-state index in [1.165, 1.54) is 15.6 Å². The molecule has 86 valence electrons. The summed E-state index contributed by atoms with van der Waals surface area (Å²) in [6.45, 7) is 1.90. The van der Waals surface area contributed by atoms with Crippen LogP contribution in [0.1, 0.15) is 6.92 Å². The third-order valence-corrected chi connectivity index (χ3v) is 2.19. The monoisotopic (exact) mass is 242 g/mol. The average molecular weight is 242 g/mol. The maximum absolute atomic E-state index is 11.8. The van der Waals surface area contributed by atoms with E-state index in [4.69, 9.17) is 4.74 Å². The van der Waals surface area contributed by atoms with Crippen LogP contribution in [0.5, 0.6) is 0 Å². The van der Waals surface area contributed by atoms with Crippen LogP contribution in [0, 0.1) is 0 Å². The summed E-state index contributed by atoms with van der Waals surface area (Å²) in [4.78, 5) is 23.2. The number of rotatable bonds is 2. The van der Waals surface area contributed by atoms with Gasteiger partial charge >= 0.3 is 5.97 Å². The number of nitrogens with zero attached hydrogens (tertiary/aromatic N) is 2. The molecule has 0 radical (unpaired) electrons. The van der Waals surface area contributed by atoms with E-state index in [0.717, 1.165) is 0 Å². The van der Waals surface area contributed by atoms with Crippen LogP contribution in [0.25, 0.3) is 0 Å². The molecule has 0 aromatic heterocycles. The van der Waals surface area contributed by atoms with E-state index in [2.05, 4.69) is 23.7 Å². The molecule has 2 rings (SSSR count). The van der Waals surface area contributed by atoms with E-state index in [0.29, 0.717) is 5.82 Å². The quantitative estimate of drug-likeness (QED) is 0.336. The van der Waals surface area contributed by atoms with Crippen LogP contribution in [-0.2, 0) is 14.3 Å². The Labute approximate surface area is 97.2 Å². The number of amides is 1. The van der Waals surface area contributed by atoms with Crippen LogP contribution >= 0.6 is 12.8 Å². The van der Waals surface area contributed by atoms with E-state index in [1.54, 1.807) is 13.1 Å². The largest absolute Gasteiger partial charge is 0.462 e. The molecule has 2 heterocycles. The molecule has 1 amide bonds. The second kappa shape index (κ2) is 4.06. The Hall–Kier alpha value is -1.67. The Bertz CT molecular complexity index is 406. The highest BCUT2D eigenvalue weighted by atomic mass is 32.1. The molecule has 2 aliphatic rings. The minimum absolute atomic E-state index is 0.0601. The molecule has 16 heavy (non-hydrogen) atoms. The highest BCUT2D eigenvalue weighted by Gasteiger charge is 2.34. The Morgan fingerprint density at radius 1 is 1.62 bits per heavy atom. The van der Waals surface area contributed by atoms with Crippen molar-refractivity contribution in [3.05, 3.63) is 23.8 Å². The molecular formula is C8H10N4O3S. The lowest BCUT2D eigenvalue weighted by Crippen LogP contribution is -2.48. The van der Waals surface area contributed by atoms with Gasteiger partial charge in [0.2, 0.25) is 0 Å². The summed E-state index contributed by atoms with van der Waals surface area (Å²) in [5.41, 5.74) is 2.55. The Kier molecular flexibility index (Phi) is 2.75. The van der Waals surface area contributed by atoms with Gasteiger partial charge in [0, 0.05) is 6.20 Å². The van der Waals surface area contributed by atoms with Crippen molar-refractivity contribution < 1.29 is 14.3 Å². The smallest absolute Gasteiger partial charge is 0.345 e. The van der Waals surface area contributed by atoms with Crippen LogP contribution in [-0.4, -0.2) is 27.9 Å². The van der Waals surface area contributed by atoms with E-state index in [9.17, 15) is 9.59 Å². The molecule has 0 spiro atoms. The van der Waals surface area contributed by atoms with E-state index in [-0.39, 0.29) is 12.2 Å². The summed E-state index contributed by atoms with van der Waals surface area (Å²) in [5, 5.41) is 3.95. The van der Waals surface area contributed by atoms with Gasteiger partial charge in [0.1, 0.15) is 11.4 Å². The number of ether oxygens (including phenoxy) is 1. The van der Waals surface area contributed by atoms with Gasteiger partial charge in [-0.1, -0.05) is 0 Å². The molecule has 2 N–H and O–H groups in total. The fourth-order valence-corrected chi connectivity index (χ4v) is 1.50. The second-order valence-corrected chi connectivity index (χ2v) is 3.45. The van der Waals surface area contributed by atoms with Gasteiger partial charge in [-0.2, -0.15) is 0 Å². The number of esters is 1. The van der Waals surface area contributed by atoms with Crippen LogP contribution in [0.3, 0.4) is 0 Å². The molecule has 0 bridgehead atoms. The number of carbonyl (C=O) groups is 2. The van der Waals surface area contributed by atoms with Gasteiger partial charge in [0.05, 0.1) is 12.8 Å². The molecule has 0 saturated heterocycles. The van der Waals surface area contributed by atoms with E-state index < -0.39 is 11.9 Å². The minimum Gasteiger partial charge on any atom is -0.462 e. The SMILES string of the molecule is CCOC(=O)C1=CNC2=CN(S)NN2C1=O. The van der Waals surface area contributed by atoms with Crippen molar-refractivity contribution in [2.45, 2.75) is 6.92 Å². The number of nitrogens with one attached hydrogen (secondary N) is 2. The zero-order chi connectivity index (χ0) is 11.7. The summed E-state index contributed by atoms with van der Waals surface area (Å²) in [6, 6.07) is 0. The van der Waals surface area contributed by atoms with Gasteiger partial charge in [-0.25, -0.2) is 14.2 Å². The maximum Gasteiger partial charge on any atom is 0.345 e. The zero-order valence-corrected chi connectivity index (χ0v) is 9.32. The van der Waals surface area contributed by atoms with Gasteiger partial charge in [-0.3, -0.25) is 4.79 Å². The van der Waals surface area contributed by atoms with E-state index in [1.807, 2.05) is 0 Å². The van der Waals surface area contributed by atoms with Crippen LogP contribution in [0.2, 0.25) is 0 Å². The van der Waals surface area contributed by atoms with Crippen molar-refractivity contribution in [3.8, 4) is 0 Å². The van der Waals surface area contributed by atoms with Crippen molar-refractivity contribution in [1.82, 2.24) is 20.3 Å². The van der Waals surface area contributed by atoms with Gasteiger partial charge in [0.25, 0.3) is 5.91 Å². The first-order valence-electron chi connectivity index (χ1n) is 4.58. The lowest BCUT2D eigenvalue weighted by Gasteiger charge is -2.24. The number of carbonyl (C=O) groups excluding carboxylic acids is 2. The third kappa shape index (κ3) is 1.72. The fourth-order valence-electron chi connectivity index (χ4n) is 1.30. The fraction of sp³-hybridized carbons (Fsp3) is 0.250. The van der Waals surface area contributed by atoms with Crippen molar-refractivity contribution in [3.63, 3.8) is 0 Å². The van der Waals surface area contributed by atoms with Gasteiger partial charge in [-0.15, -0.1) is 5.53 Å². The van der Waals surface area contributed by atoms with Crippen molar-refractivity contribution in [2.24, 2.45) is 0 Å². The third-order valence-electron chi connectivity index (χ3n) is 1.98. The van der Waals surface area contributed by atoms with Crippen LogP contribution in [0.15, 0.2) is 23.8 Å². The second-order valence-electron chi connectivity index (χ2n) is 3.02. The number of hydrazine groups is 2. The van der Waals surface area contributed by atoms with Crippen LogP contribution < -0.4 is 10.9 Å². The van der Waals surface area contributed by atoms with Gasteiger partial charge in [0.15, 0.2) is 0 Å². The molecule has 0 aromatic carbocycles. The Balaban J connectivity index is 2.18. The first-order valence-corrected chi connectivity index (χ1v) is 4.98. The lowest BCUT2D eigenvalue weighted by molar-refractivity contribution is -0.143. The highest BCUT2D eigenvalue weighted by Crippen LogP contribution is 2.18. The van der Waals surface area contributed by atoms with Crippen molar-refractivity contribution >= 4 is 24.7 Å².